The number of halogens is 1. The molecule has 0 aliphatic carbocycles. The zero-order valence-electron chi connectivity index (χ0n) is 17.8. The lowest BCUT2D eigenvalue weighted by Gasteiger charge is -2.20. The Bertz CT molecular complexity index is 1040. The second-order valence-electron chi connectivity index (χ2n) is 7.23. The minimum absolute atomic E-state index is 0.0526. The molecule has 1 heterocycles. The number of hydrogen-bond acceptors (Lipinski definition) is 4. The van der Waals surface area contributed by atoms with Gasteiger partial charge in [-0.3, -0.25) is 9.59 Å². The van der Waals surface area contributed by atoms with E-state index in [2.05, 4.69) is 15.9 Å². The summed E-state index contributed by atoms with van der Waals surface area (Å²) in [5.74, 6) is 1.32. The number of amides is 2. The number of hydrogen-bond donors (Lipinski definition) is 0. The van der Waals surface area contributed by atoms with Gasteiger partial charge in [0.15, 0.2) is 5.76 Å². The molecule has 162 valence electrons. The molecule has 31 heavy (non-hydrogen) atoms. The van der Waals surface area contributed by atoms with Crippen molar-refractivity contribution in [1.29, 1.82) is 0 Å². The topological polar surface area (TPSA) is 63.0 Å². The smallest absolute Gasteiger partial charge is 0.289 e. The van der Waals surface area contributed by atoms with E-state index in [1.54, 1.807) is 43.3 Å². The Hall–Kier alpha value is -3.06. The van der Waals surface area contributed by atoms with E-state index < -0.39 is 0 Å². The van der Waals surface area contributed by atoms with Gasteiger partial charge in [-0.1, -0.05) is 34.1 Å². The molecular weight excluding hydrogens is 460 g/mol. The predicted octanol–water partition coefficient (Wildman–Crippen LogP) is 4.99. The zero-order valence-corrected chi connectivity index (χ0v) is 19.4. The van der Waals surface area contributed by atoms with Gasteiger partial charge < -0.3 is 19.0 Å². The van der Waals surface area contributed by atoms with Crippen LogP contribution in [0.15, 0.2) is 69.6 Å². The van der Waals surface area contributed by atoms with Crippen LogP contribution in [0.2, 0.25) is 0 Å². The van der Waals surface area contributed by atoms with Crippen molar-refractivity contribution in [2.45, 2.75) is 20.1 Å². The second-order valence-corrected chi connectivity index (χ2v) is 8.14. The summed E-state index contributed by atoms with van der Waals surface area (Å²) >= 11 is 3.41. The molecule has 0 aliphatic rings. The van der Waals surface area contributed by atoms with E-state index in [4.69, 9.17) is 9.15 Å². The first kappa shape index (κ1) is 22.6. The summed E-state index contributed by atoms with van der Waals surface area (Å²) < 4.78 is 12.4. The summed E-state index contributed by atoms with van der Waals surface area (Å²) in [4.78, 5) is 28.2. The van der Waals surface area contributed by atoms with Gasteiger partial charge in [-0.25, -0.2) is 0 Å². The van der Waals surface area contributed by atoms with E-state index in [9.17, 15) is 9.59 Å². The zero-order chi connectivity index (χ0) is 22.4. The molecule has 0 unspecified atom stereocenters. The number of furan rings is 1. The highest BCUT2D eigenvalue weighted by Crippen LogP contribution is 2.20. The van der Waals surface area contributed by atoms with E-state index in [0.29, 0.717) is 30.2 Å². The van der Waals surface area contributed by atoms with Gasteiger partial charge in [-0.05, 0) is 55.0 Å². The van der Waals surface area contributed by atoms with E-state index in [-0.39, 0.29) is 24.2 Å². The number of nitrogens with zero attached hydrogens (tertiary/aromatic N) is 2. The van der Waals surface area contributed by atoms with E-state index in [1.807, 2.05) is 43.3 Å². The maximum atomic E-state index is 12.9. The highest BCUT2D eigenvalue weighted by atomic mass is 79.9. The molecule has 0 N–H and O–H groups in total. The average Bonchev–Trinajstić information content (AvgIpc) is 3.24. The minimum atomic E-state index is -0.190. The van der Waals surface area contributed by atoms with Gasteiger partial charge in [0.25, 0.3) is 11.8 Å². The van der Waals surface area contributed by atoms with Gasteiger partial charge in [0.1, 0.15) is 18.1 Å². The van der Waals surface area contributed by atoms with E-state index >= 15 is 0 Å². The summed E-state index contributed by atoms with van der Waals surface area (Å²) in [6.45, 7) is 3.11. The Morgan fingerprint density at radius 1 is 1.00 bits per heavy atom. The molecule has 2 aromatic carbocycles. The molecule has 3 aromatic rings. The monoisotopic (exact) mass is 484 g/mol. The summed E-state index contributed by atoms with van der Waals surface area (Å²) in [5, 5.41) is 0. The maximum Gasteiger partial charge on any atom is 0.289 e. The lowest BCUT2D eigenvalue weighted by Crippen LogP contribution is -2.30. The highest BCUT2D eigenvalue weighted by molar-refractivity contribution is 9.10. The fourth-order valence-electron chi connectivity index (χ4n) is 3.00. The molecule has 1 aromatic heterocycles. The third-order valence-corrected chi connectivity index (χ3v) is 5.19. The summed E-state index contributed by atoms with van der Waals surface area (Å²) in [6.07, 6.45) is 0. The van der Waals surface area contributed by atoms with Gasteiger partial charge in [0.05, 0.1) is 0 Å². The standard InChI is InChI=1S/C24H25BrN2O4/c1-4-27(15-17-8-10-18(11-9-17)23(28)26(2)3)24(29)22-13-12-21(31-22)16-30-20-7-5-6-19(25)14-20/h5-14H,4,15-16H2,1-3H3. The molecular formula is C24H25BrN2O4. The van der Waals surface area contributed by atoms with Crippen molar-refractivity contribution in [3.05, 3.63) is 87.8 Å². The Morgan fingerprint density at radius 2 is 1.74 bits per heavy atom. The average molecular weight is 485 g/mol. The lowest BCUT2D eigenvalue weighted by molar-refractivity contribution is 0.0715. The van der Waals surface area contributed by atoms with Crippen molar-refractivity contribution < 1.29 is 18.7 Å². The first-order valence-corrected chi connectivity index (χ1v) is 10.7. The first-order chi connectivity index (χ1) is 14.9. The molecule has 0 radical (unpaired) electrons. The van der Waals surface area contributed by atoms with Crippen LogP contribution in [0.3, 0.4) is 0 Å². The second kappa shape index (κ2) is 10.3. The first-order valence-electron chi connectivity index (χ1n) is 9.94. The number of ether oxygens (including phenoxy) is 1. The SMILES string of the molecule is CCN(Cc1ccc(C(=O)N(C)C)cc1)C(=O)c1ccc(COc2cccc(Br)c2)o1. The van der Waals surface area contributed by atoms with Crippen molar-refractivity contribution in [1.82, 2.24) is 9.80 Å². The predicted molar refractivity (Wildman–Crippen MR) is 122 cm³/mol. The Balaban J connectivity index is 1.62. The van der Waals surface area contributed by atoms with Crippen molar-refractivity contribution in [3.63, 3.8) is 0 Å². The number of carbonyl (C=O) groups excluding carboxylic acids is 2. The van der Waals surface area contributed by atoms with Crippen LogP contribution in [0.25, 0.3) is 0 Å². The van der Waals surface area contributed by atoms with E-state index in [0.717, 1.165) is 10.0 Å². The Morgan fingerprint density at radius 3 is 2.39 bits per heavy atom. The molecule has 6 nitrogen and oxygen atoms in total. The fraction of sp³-hybridized carbons (Fsp3) is 0.250. The largest absolute Gasteiger partial charge is 0.486 e. The molecule has 2 amide bonds. The van der Waals surface area contributed by atoms with Crippen molar-refractivity contribution >= 4 is 27.7 Å². The van der Waals surface area contributed by atoms with Gasteiger partial charge in [-0.15, -0.1) is 0 Å². The molecule has 0 aliphatic heterocycles. The number of benzene rings is 2. The molecule has 0 atom stereocenters. The Labute approximate surface area is 190 Å². The summed E-state index contributed by atoms with van der Waals surface area (Å²) in [5.41, 5.74) is 1.56. The van der Waals surface area contributed by atoms with Crippen LogP contribution in [0.4, 0.5) is 0 Å². The van der Waals surface area contributed by atoms with Crippen LogP contribution in [0.1, 0.15) is 39.2 Å². The third kappa shape index (κ3) is 5.98. The maximum absolute atomic E-state index is 12.9. The fourth-order valence-corrected chi connectivity index (χ4v) is 3.37. The molecule has 0 fully saturated rings. The van der Waals surface area contributed by atoms with Crippen LogP contribution in [0, 0.1) is 0 Å². The highest BCUT2D eigenvalue weighted by Gasteiger charge is 2.19. The van der Waals surface area contributed by atoms with Crippen LogP contribution in [0.5, 0.6) is 5.75 Å². The van der Waals surface area contributed by atoms with Crippen molar-refractivity contribution in [2.75, 3.05) is 20.6 Å². The van der Waals surface area contributed by atoms with Crippen LogP contribution in [-0.4, -0.2) is 42.3 Å². The van der Waals surface area contributed by atoms with Gasteiger partial charge >= 0.3 is 0 Å². The molecule has 7 heteroatoms. The van der Waals surface area contributed by atoms with Gasteiger partial charge in [-0.2, -0.15) is 0 Å². The summed E-state index contributed by atoms with van der Waals surface area (Å²) in [6, 6.07) is 18.2. The molecule has 0 spiro atoms. The summed E-state index contributed by atoms with van der Waals surface area (Å²) in [7, 11) is 3.43. The van der Waals surface area contributed by atoms with Crippen LogP contribution >= 0.6 is 15.9 Å². The molecule has 3 rings (SSSR count). The van der Waals surface area contributed by atoms with Crippen molar-refractivity contribution in [2.24, 2.45) is 0 Å². The normalized spacial score (nSPS) is 10.6. The molecule has 0 saturated heterocycles. The number of rotatable bonds is 8. The number of carbonyl (C=O) groups is 2. The van der Waals surface area contributed by atoms with Gasteiger partial charge in [0, 0.05) is 37.2 Å². The lowest BCUT2D eigenvalue weighted by atomic mass is 10.1. The quantitative estimate of drug-likeness (QED) is 0.451. The van der Waals surface area contributed by atoms with Crippen LogP contribution in [-0.2, 0) is 13.2 Å². The molecule has 0 saturated carbocycles. The third-order valence-electron chi connectivity index (χ3n) is 4.70. The van der Waals surface area contributed by atoms with Crippen molar-refractivity contribution in [3.8, 4) is 5.75 Å². The molecule has 0 bridgehead atoms. The van der Waals surface area contributed by atoms with E-state index in [1.165, 1.54) is 4.90 Å². The minimum Gasteiger partial charge on any atom is -0.486 e. The van der Waals surface area contributed by atoms with Gasteiger partial charge in [0.2, 0.25) is 0 Å². The Kier molecular flexibility index (Phi) is 7.52. The van der Waals surface area contributed by atoms with Crippen LogP contribution < -0.4 is 4.74 Å².